The SMILES string of the molecule is CCNC(=NCc1ccnc(N2CCCCC2)c1)N1CCC(OCCCOC)CC1. The van der Waals surface area contributed by atoms with Crippen LogP contribution in [-0.4, -0.2) is 75.0 Å². The van der Waals surface area contributed by atoms with Crippen LogP contribution in [0.2, 0.25) is 0 Å². The molecular weight excluding hydrogens is 378 g/mol. The Morgan fingerprint density at radius 1 is 1.17 bits per heavy atom. The highest BCUT2D eigenvalue weighted by atomic mass is 16.5. The van der Waals surface area contributed by atoms with Gasteiger partial charge in [-0.25, -0.2) is 9.98 Å². The van der Waals surface area contributed by atoms with Gasteiger partial charge in [-0.3, -0.25) is 0 Å². The minimum Gasteiger partial charge on any atom is -0.385 e. The molecule has 30 heavy (non-hydrogen) atoms. The molecule has 3 heterocycles. The zero-order valence-corrected chi connectivity index (χ0v) is 18.8. The van der Waals surface area contributed by atoms with Crippen molar-refractivity contribution in [3.05, 3.63) is 23.9 Å². The smallest absolute Gasteiger partial charge is 0.194 e. The highest BCUT2D eigenvalue weighted by Crippen LogP contribution is 2.19. The summed E-state index contributed by atoms with van der Waals surface area (Å²) in [6.07, 6.45) is 9.20. The minimum absolute atomic E-state index is 0.355. The Bertz CT molecular complexity index is 640. The summed E-state index contributed by atoms with van der Waals surface area (Å²) in [6.45, 7) is 9.43. The summed E-state index contributed by atoms with van der Waals surface area (Å²) in [7, 11) is 1.74. The number of nitrogens with one attached hydrogen (secondary N) is 1. The van der Waals surface area contributed by atoms with Crippen LogP contribution in [0.1, 0.15) is 51.0 Å². The monoisotopic (exact) mass is 417 g/mol. The van der Waals surface area contributed by atoms with Crippen LogP contribution in [0.15, 0.2) is 23.3 Å². The second kappa shape index (κ2) is 12.7. The number of nitrogens with zero attached hydrogens (tertiary/aromatic N) is 4. The number of methoxy groups -OCH3 is 1. The molecule has 0 radical (unpaired) electrons. The van der Waals surface area contributed by atoms with E-state index in [1.54, 1.807) is 7.11 Å². The molecule has 2 aliphatic rings. The number of likely N-dealkylation sites (tertiary alicyclic amines) is 1. The summed E-state index contributed by atoms with van der Waals surface area (Å²) < 4.78 is 11.1. The Kier molecular flexibility index (Phi) is 9.70. The minimum atomic E-state index is 0.355. The van der Waals surface area contributed by atoms with Crippen LogP contribution in [-0.2, 0) is 16.0 Å². The van der Waals surface area contributed by atoms with Gasteiger partial charge in [0.25, 0.3) is 0 Å². The fourth-order valence-electron chi connectivity index (χ4n) is 4.13. The van der Waals surface area contributed by atoms with Crippen molar-refractivity contribution in [2.75, 3.05) is 57.9 Å². The van der Waals surface area contributed by atoms with Crippen LogP contribution in [0.25, 0.3) is 0 Å². The van der Waals surface area contributed by atoms with Gasteiger partial charge in [-0.2, -0.15) is 0 Å². The summed E-state index contributed by atoms with van der Waals surface area (Å²) in [5.74, 6) is 2.10. The molecule has 7 nitrogen and oxygen atoms in total. The molecular formula is C23H39N5O2. The molecule has 0 aromatic carbocycles. The second-order valence-corrected chi connectivity index (χ2v) is 8.14. The number of aliphatic imine (C=N–C) groups is 1. The quantitative estimate of drug-likeness (QED) is 0.379. The summed E-state index contributed by atoms with van der Waals surface area (Å²) in [5, 5.41) is 3.47. The molecule has 1 N–H and O–H groups in total. The number of hydrogen-bond acceptors (Lipinski definition) is 5. The summed E-state index contributed by atoms with van der Waals surface area (Å²) in [6, 6.07) is 4.29. The van der Waals surface area contributed by atoms with Gasteiger partial charge in [-0.05, 0) is 63.1 Å². The van der Waals surface area contributed by atoms with Crippen molar-refractivity contribution in [2.24, 2.45) is 4.99 Å². The number of anilines is 1. The molecule has 0 amide bonds. The van der Waals surface area contributed by atoms with E-state index in [1.807, 2.05) is 6.20 Å². The van der Waals surface area contributed by atoms with Crippen molar-refractivity contribution in [1.29, 1.82) is 0 Å². The van der Waals surface area contributed by atoms with Crippen LogP contribution >= 0.6 is 0 Å². The summed E-state index contributed by atoms with van der Waals surface area (Å²) >= 11 is 0. The molecule has 0 saturated carbocycles. The van der Waals surface area contributed by atoms with E-state index in [9.17, 15) is 0 Å². The molecule has 2 fully saturated rings. The first-order chi connectivity index (χ1) is 14.8. The van der Waals surface area contributed by atoms with Gasteiger partial charge in [-0.1, -0.05) is 0 Å². The number of ether oxygens (including phenoxy) is 2. The molecule has 0 aliphatic carbocycles. The zero-order chi connectivity index (χ0) is 21.0. The van der Waals surface area contributed by atoms with E-state index in [0.717, 1.165) is 77.0 Å². The van der Waals surface area contributed by atoms with E-state index >= 15 is 0 Å². The summed E-state index contributed by atoms with van der Waals surface area (Å²) in [5.41, 5.74) is 1.22. The van der Waals surface area contributed by atoms with Crippen molar-refractivity contribution < 1.29 is 9.47 Å². The topological polar surface area (TPSA) is 62.2 Å². The lowest BCUT2D eigenvalue weighted by Gasteiger charge is -2.34. The molecule has 168 valence electrons. The predicted octanol–water partition coefficient (Wildman–Crippen LogP) is 3.05. The maximum atomic E-state index is 5.99. The Balaban J connectivity index is 1.52. The average molecular weight is 418 g/mol. The largest absolute Gasteiger partial charge is 0.385 e. The van der Waals surface area contributed by atoms with E-state index in [2.05, 4.69) is 39.2 Å². The molecule has 0 bridgehead atoms. The van der Waals surface area contributed by atoms with Crippen molar-refractivity contribution in [1.82, 2.24) is 15.2 Å². The number of pyridine rings is 1. The second-order valence-electron chi connectivity index (χ2n) is 8.14. The third-order valence-electron chi connectivity index (χ3n) is 5.82. The zero-order valence-electron chi connectivity index (χ0n) is 18.8. The highest BCUT2D eigenvalue weighted by molar-refractivity contribution is 5.80. The molecule has 0 spiro atoms. The Labute approximate surface area is 181 Å². The average Bonchev–Trinajstić information content (AvgIpc) is 2.81. The van der Waals surface area contributed by atoms with Gasteiger partial charge < -0.3 is 24.6 Å². The Hall–Kier alpha value is -1.86. The van der Waals surface area contributed by atoms with Gasteiger partial charge >= 0.3 is 0 Å². The number of piperidine rings is 2. The molecule has 2 saturated heterocycles. The molecule has 7 heteroatoms. The fourth-order valence-corrected chi connectivity index (χ4v) is 4.13. The van der Waals surface area contributed by atoms with E-state index in [-0.39, 0.29) is 0 Å². The van der Waals surface area contributed by atoms with Gasteiger partial charge in [-0.15, -0.1) is 0 Å². The highest BCUT2D eigenvalue weighted by Gasteiger charge is 2.22. The first kappa shape index (κ1) is 22.8. The van der Waals surface area contributed by atoms with Crippen molar-refractivity contribution in [3.63, 3.8) is 0 Å². The van der Waals surface area contributed by atoms with Crippen LogP contribution in [0.4, 0.5) is 5.82 Å². The van der Waals surface area contributed by atoms with E-state index < -0.39 is 0 Å². The van der Waals surface area contributed by atoms with Gasteiger partial charge in [0.15, 0.2) is 5.96 Å². The van der Waals surface area contributed by atoms with Gasteiger partial charge in [0.2, 0.25) is 0 Å². The van der Waals surface area contributed by atoms with E-state index in [4.69, 9.17) is 14.5 Å². The first-order valence-electron chi connectivity index (χ1n) is 11.6. The van der Waals surface area contributed by atoms with Crippen LogP contribution < -0.4 is 10.2 Å². The van der Waals surface area contributed by atoms with E-state index in [1.165, 1.54) is 24.8 Å². The van der Waals surface area contributed by atoms with Crippen LogP contribution in [0.3, 0.4) is 0 Å². The number of guanidine groups is 1. The lowest BCUT2D eigenvalue weighted by Crippen LogP contribution is -2.47. The molecule has 0 unspecified atom stereocenters. The van der Waals surface area contributed by atoms with E-state index in [0.29, 0.717) is 12.6 Å². The number of rotatable bonds is 9. The Morgan fingerprint density at radius 3 is 2.70 bits per heavy atom. The lowest BCUT2D eigenvalue weighted by molar-refractivity contribution is 0.00990. The standard InChI is InChI=1S/C23H39N5O2/c1-3-24-23(28-14-9-21(10-15-28)30-17-7-16-29-2)26-19-20-8-11-25-22(18-20)27-12-5-4-6-13-27/h8,11,18,21H,3-7,9-10,12-17,19H2,1-2H3,(H,24,26). The summed E-state index contributed by atoms with van der Waals surface area (Å²) in [4.78, 5) is 14.3. The lowest BCUT2D eigenvalue weighted by atomic mass is 10.1. The fraction of sp³-hybridized carbons (Fsp3) is 0.739. The van der Waals surface area contributed by atoms with Crippen molar-refractivity contribution >= 4 is 11.8 Å². The maximum Gasteiger partial charge on any atom is 0.194 e. The molecule has 0 atom stereocenters. The van der Waals surface area contributed by atoms with Gasteiger partial charge in [0, 0.05) is 59.2 Å². The molecule has 1 aromatic rings. The Morgan fingerprint density at radius 2 is 1.97 bits per heavy atom. The third-order valence-corrected chi connectivity index (χ3v) is 5.82. The molecule has 1 aromatic heterocycles. The van der Waals surface area contributed by atoms with Gasteiger partial charge in [0.1, 0.15) is 5.82 Å². The van der Waals surface area contributed by atoms with Crippen LogP contribution in [0.5, 0.6) is 0 Å². The predicted molar refractivity (Wildman–Crippen MR) is 122 cm³/mol. The third kappa shape index (κ3) is 7.13. The van der Waals surface area contributed by atoms with Gasteiger partial charge in [0.05, 0.1) is 12.6 Å². The molecule has 2 aliphatic heterocycles. The van der Waals surface area contributed by atoms with Crippen molar-refractivity contribution in [3.8, 4) is 0 Å². The molecule has 3 rings (SSSR count). The first-order valence-corrected chi connectivity index (χ1v) is 11.6. The number of aromatic nitrogens is 1. The number of hydrogen-bond donors (Lipinski definition) is 1. The van der Waals surface area contributed by atoms with Crippen LogP contribution in [0, 0.1) is 0 Å². The van der Waals surface area contributed by atoms with Crippen molar-refractivity contribution in [2.45, 2.75) is 58.1 Å². The normalized spacial score (nSPS) is 18.7. The maximum absolute atomic E-state index is 5.99.